The zero-order chi connectivity index (χ0) is 18.6. The number of unbranched alkanes of at least 4 members (excludes halogenated alkanes) is 13. The Morgan fingerprint density at radius 3 is 1.72 bits per heavy atom. The van der Waals surface area contributed by atoms with Gasteiger partial charge in [0.15, 0.2) is 0 Å². The molecular formula is C22H46N2O. The Morgan fingerprint density at radius 1 is 0.760 bits per heavy atom. The Balaban J connectivity index is 3.13. The number of hydrogen-bond acceptors (Lipinski definition) is 2. The summed E-state index contributed by atoms with van der Waals surface area (Å²) in [5.74, 6) is 0.226. The van der Waals surface area contributed by atoms with Crippen LogP contribution in [0.3, 0.4) is 0 Å². The van der Waals surface area contributed by atoms with Crippen LogP contribution >= 0.6 is 0 Å². The zero-order valence-corrected chi connectivity index (χ0v) is 17.3. The van der Waals surface area contributed by atoms with Crippen LogP contribution in [0.2, 0.25) is 0 Å². The molecule has 0 saturated heterocycles. The van der Waals surface area contributed by atoms with E-state index in [1.807, 2.05) is 6.92 Å². The molecular weight excluding hydrogens is 308 g/mol. The lowest BCUT2D eigenvalue weighted by atomic mass is 10.0. The third-order valence-electron chi connectivity index (χ3n) is 4.92. The van der Waals surface area contributed by atoms with Crippen LogP contribution in [0.15, 0.2) is 0 Å². The Labute approximate surface area is 157 Å². The third kappa shape index (κ3) is 21.4. The molecule has 0 bridgehead atoms. The first-order chi connectivity index (χ1) is 12.2. The van der Waals surface area contributed by atoms with Crippen molar-refractivity contribution >= 4 is 5.91 Å². The van der Waals surface area contributed by atoms with Gasteiger partial charge in [-0.15, -0.1) is 0 Å². The number of carbonyl (C=O) groups is 1. The van der Waals surface area contributed by atoms with E-state index in [9.17, 15) is 4.79 Å². The largest absolute Gasteiger partial charge is 0.356 e. The second-order valence-electron chi connectivity index (χ2n) is 7.82. The zero-order valence-electron chi connectivity index (χ0n) is 17.3. The molecule has 0 aliphatic rings. The van der Waals surface area contributed by atoms with Gasteiger partial charge in [0.05, 0.1) is 0 Å². The van der Waals surface area contributed by atoms with E-state index in [0.717, 1.165) is 32.2 Å². The number of nitrogens with one attached hydrogen (secondary N) is 1. The average molecular weight is 355 g/mol. The molecule has 3 N–H and O–H groups in total. The first-order valence-corrected chi connectivity index (χ1v) is 11.2. The molecule has 0 aromatic carbocycles. The highest BCUT2D eigenvalue weighted by molar-refractivity contribution is 5.75. The van der Waals surface area contributed by atoms with Crippen molar-refractivity contribution in [2.75, 3.05) is 6.54 Å². The first-order valence-electron chi connectivity index (χ1n) is 11.2. The minimum Gasteiger partial charge on any atom is -0.356 e. The fourth-order valence-corrected chi connectivity index (χ4v) is 3.21. The van der Waals surface area contributed by atoms with Crippen LogP contribution in [0.4, 0.5) is 0 Å². The van der Waals surface area contributed by atoms with Crippen LogP contribution in [-0.4, -0.2) is 18.5 Å². The van der Waals surface area contributed by atoms with Crippen LogP contribution < -0.4 is 11.1 Å². The maximum atomic E-state index is 11.7. The maximum Gasteiger partial charge on any atom is 0.219 e. The lowest BCUT2D eigenvalue weighted by molar-refractivity contribution is -0.121. The molecule has 0 aromatic heterocycles. The van der Waals surface area contributed by atoms with Gasteiger partial charge >= 0.3 is 0 Å². The molecule has 0 radical (unpaired) electrons. The second-order valence-corrected chi connectivity index (χ2v) is 7.82. The quantitative estimate of drug-likeness (QED) is 0.275. The van der Waals surface area contributed by atoms with Crippen molar-refractivity contribution in [2.45, 2.75) is 129 Å². The van der Waals surface area contributed by atoms with Gasteiger partial charge in [0.1, 0.15) is 0 Å². The van der Waals surface area contributed by atoms with Crippen LogP contribution in [0.1, 0.15) is 123 Å². The van der Waals surface area contributed by atoms with Crippen molar-refractivity contribution in [3.63, 3.8) is 0 Å². The van der Waals surface area contributed by atoms with Gasteiger partial charge in [0.2, 0.25) is 5.91 Å². The number of hydrogen-bond donors (Lipinski definition) is 2. The van der Waals surface area contributed by atoms with Gasteiger partial charge < -0.3 is 11.1 Å². The molecule has 0 aliphatic heterocycles. The van der Waals surface area contributed by atoms with Crippen LogP contribution in [0.5, 0.6) is 0 Å². The summed E-state index contributed by atoms with van der Waals surface area (Å²) >= 11 is 0. The van der Waals surface area contributed by atoms with Crippen LogP contribution in [0.25, 0.3) is 0 Å². The molecule has 0 spiro atoms. The molecule has 0 aliphatic carbocycles. The number of rotatable bonds is 19. The molecule has 3 nitrogen and oxygen atoms in total. The fourth-order valence-electron chi connectivity index (χ4n) is 3.21. The van der Waals surface area contributed by atoms with Crippen molar-refractivity contribution in [1.82, 2.24) is 5.32 Å². The summed E-state index contributed by atoms with van der Waals surface area (Å²) in [6.07, 6.45) is 21.4. The number of carbonyl (C=O) groups excluding carboxylic acids is 1. The smallest absolute Gasteiger partial charge is 0.219 e. The maximum absolute atomic E-state index is 11.7. The number of amides is 1. The highest BCUT2D eigenvalue weighted by atomic mass is 16.1. The summed E-state index contributed by atoms with van der Waals surface area (Å²) in [5, 5.41) is 3.02. The molecule has 0 saturated carbocycles. The first kappa shape index (κ1) is 24.4. The molecule has 1 unspecified atom stereocenters. The fraction of sp³-hybridized carbons (Fsp3) is 0.955. The van der Waals surface area contributed by atoms with Crippen molar-refractivity contribution in [3.05, 3.63) is 0 Å². The predicted octanol–water partition coefficient (Wildman–Crippen LogP) is 6.10. The van der Waals surface area contributed by atoms with E-state index < -0.39 is 0 Å². The normalized spacial score (nSPS) is 12.3. The van der Waals surface area contributed by atoms with Gasteiger partial charge in [-0.05, 0) is 26.2 Å². The summed E-state index contributed by atoms with van der Waals surface area (Å²) in [4.78, 5) is 11.7. The van der Waals surface area contributed by atoms with Gasteiger partial charge in [-0.1, -0.05) is 90.4 Å². The van der Waals surface area contributed by atoms with Gasteiger partial charge in [0, 0.05) is 19.0 Å². The minimum atomic E-state index is 0.226. The summed E-state index contributed by atoms with van der Waals surface area (Å²) in [6.45, 7) is 5.12. The Bertz CT molecular complexity index is 279. The van der Waals surface area contributed by atoms with Crippen molar-refractivity contribution in [1.29, 1.82) is 0 Å². The summed E-state index contributed by atoms with van der Waals surface area (Å²) in [7, 11) is 0. The molecule has 1 amide bonds. The lowest BCUT2D eigenvalue weighted by Crippen LogP contribution is -2.24. The molecule has 0 rings (SSSR count). The third-order valence-corrected chi connectivity index (χ3v) is 4.92. The molecule has 0 heterocycles. The summed E-state index contributed by atoms with van der Waals surface area (Å²) in [5.41, 5.74) is 5.71. The Hall–Kier alpha value is -0.570. The molecule has 150 valence electrons. The van der Waals surface area contributed by atoms with Crippen molar-refractivity contribution in [3.8, 4) is 0 Å². The Morgan fingerprint density at radius 2 is 1.24 bits per heavy atom. The molecule has 1 atom stereocenters. The van der Waals surface area contributed by atoms with Gasteiger partial charge in [-0.2, -0.15) is 0 Å². The topological polar surface area (TPSA) is 55.1 Å². The SMILES string of the molecule is CCCCCCCCCCCCCCCC(=O)NCCCCC(C)N. The molecule has 0 aromatic rings. The summed E-state index contributed by atoms with van der Waals surface area (Å²) in [6, 6.07) is 0.279. The molecule has 3 heteroatoms. The van der Waals surface area contributed by atoms with E-state index in [4.69, 9.17) is 5.73 Å². The highest BCUT2D eigenvalue weighted by Crippen LogP contribution is 2.12. The molecule has 0 fully saturated rings. The van der Waals surface area contributed by atoms with E-state index in [-0.39, 0.29) is 11.9 Å². The van der Waals surface area contributed by atoms with Gasteiger partial charge in [-0.3, -0.25) is 4.79 Å². The average Bonchev–Trinajstić information content (AvgIpc) is 2.58. The minimum absolute atomic E-state index is 0.226. The number of nitrogens with two attached hydrogens (primary N) is 1. The van der Waals surface area contributed by atoms with Gasteiger partial charge in [-0.25, -0.2) is 0 Å². The van der Waals surface area contributed by atoms with Crippen molar-refractivity contribution in [2.24, 2.45) is 5.73 Å². The summed E-state index contributed by atoms with van der Waals surface area (Å²) < 4.78 is 0. The van der Waals surface area contributed by atoms with E-state index >= 15 is 0 Å². The molecule has 25 heavy (non-hydrogen) atoms. The highest BCUT2D eigenvalue weighted by Gasteiger charge is 2.01. The lowest BCUT2D eigenvalue weighted by Gasteiger charge is -2.07. The van der Waals surface area contributed by atoms with Crippen LogP contribution in [-0.2, 0) is 4.79 Å². The van der Waals surface area contributed by atoms with E-state index in [0.29, 0.717) is 6.42 Å². The monoisotopic (exact) mass is 354 g/mol. The van der Waals surface area contributed by atoms with Crippen LogP contribution in [0, 0.1) is 0 Å². The Kier molecular flexibility index (Phi) is 19.3. The standard InChI is InChI=1S/C22H46N2O/c1-3-4-5-6-7-8-9-10-11-12-13-14-15-19-22(25)24-20-17-16-18-21(2)23/h21H,3-20,23H2,1-2H3,(H,24,25). The second kappa shape index (κ2) is 19.8. The van der Waals surface area contributed by atoms with E-state index in [1.165, 1.54) is 77.0 Å². The van der Waals surface area contributed by atoms with Gasteiger partial charge in [0.25, 0.3) is 0 Å². The van der Waals surface area contributed by atoms with Crippen molar-refractivity contribution < 1.29 is 4.79 Å². The van der Waals surface area contributed by atoms with E-state index in [2.05, 4.69) is 12.2 Å². The predicted molar refractivity (Wildman–Crippen MR) is 111 cm³/mol. The van der Waals surface area contributed by atoms with E-state index in [1.54, 1.807) is 0 Å².